The zero-order chi connectivity index (χ0) is 18.4. The molecule has 1 fully saturated rings. The van der Waals surface area contributed by atoms with Gasteiger partial charge in [0.25, 0.3) is 5.91 Å². The van der Waals surface area contributed by atoms with Gasteiger partial charge in [0.15, 0.2) is 0 Å². The molecule has 3 rings (SSSR count). The standard InChI is InChI=1S/C20H24N2O3S/c1-24-16-7-8-19(25-2)17(13-16)20(23)21-18-6-4-3-5-15(18)14-22-9-11-26-12-10-22/h3-8,13H,9-12,14H2,1-2H3,(H,21,23). The lowest BCUT2D eigenvalue weighted by Crippen LogP contribution is -2.32. The molecule has 0 aliphatic carbocycles. The Bertz CT molecular complexity index is 760. The first-order valence-electron chi connectivity index (χ1n) is 8.62. The predicted octanol–water partition coefficient (Wildman–Crippen LogP) is 3.50. The first kappa shape index (κ1) is 18.6. The molecule has 1 saturated heterocycles. The largest absolute Gasteiger partial charge is 0.497 e. The van der Waals surface area contributed by atoms with E-state index in [2.05, 4.69) is 16.3 Å². The van der Waals surface area contributed by atoms with Crippen molar-refractivity contribution in [2.75, 3.05) is 44.1 Å². The van der Waals surface area contributed by atoms with Gasteiger partial charge in [0.2, 0.25) is 0 Å². The van der Waals surface area contributed by atoms with Gasteiger partial charge >= 0.3 is 0 Å². The van der Waals surface area contributed by atoms with Crippen LogP contribution in [-0.4, -0.2) is 49.6 Å². The summed E-state index contributed by atoms with van der Waals surface area (Å²) >= 11 is 1.99. The lowest BCUT2D eigenvalue weighted by molar-refractivity contribution is 0.102. The average Bonchev–Trinajstić information content (AvgIpc) is 2.69. The molecule has 1 aliphatic heterocycles. The third kappa shape index (κ3) is 4.51. The molecule has 1 aliphatic rings. The second-order valence-electron chi connectivity index (χ2n) is 6.07. The maximum absolute atomic E-state index is 12.8. The van der Waals surface area contributed by atoms with Crippen LogP contribution in [0.1, 0.15) is 15.9 Å². The first-order valence-corrected chi connectivity index (χ1v) is 9.78. The highest BCUT2D eigenvalue weighted by molar-refractivity contribution is 7.99. The number of carbonyl (C=O) groups is 1. The van der Waals surface area contributed by atoms with E-state index in [4.69, 9.17) is 9.47 Å². The predicted molar refractivity (Wildman–Crippen MR) is 107 cm³/mol. The first-order chi connectivity index (χ1) is 12.7. The summed E-state index contributed by atoms with van der Waals surface area (Å²) < 4.78 is 10.6. The minimum atomic E-state index is -0.206. The van der Waals surface area contributed by atoms with Crippen LogP contribution in [0.2, 0.25) is 0 Å². The number of anilines is 1. The maximum atomic E-state index is 12.8. The lowest BCUT2D eigenvalue weighted by atomic mass is 10.1. The van der Waals surface area contributed by atoms with Gasteiger partial charge in [-0.1, -0.05) is 18.2 Å². The summed E-state index contributed by atoms with van der Waals surface area (Å²) in [6.07, 6.45) is 0. The monoisotopic (exact) mass is 372 g/mol. The molecular formula is C20H24N2O3S. The van der Waals surface area contributed by atoms with Crippen molar-refractivity contribution >= 4 is 23.4 Å². The van der Waals surface area contributed by atoms with Gasteiger partial charge in [-0.2, -0.15) is 11.8 Å². The summed E-state index contributed by atoms with van der Waals surface area (Å²) in [7, 11) is 3.14. The van der Waals surface area contributed by atoms with Gasteiger partial charge in [0.1, 0.15) is 11.5 Å². The van der Waals surface area contributed by atoms with Gasteiger partial charge < -0.3 is 14.8 Å². The zero-order valence-electron chi connectivity index (χ0n) is 15.2. The summed E-state index contributed by atoms with van der Waals surface area (Å²) in [6.45, 7) is 3.00. The number of hydrogen-bond acceptors (Lipinski definition) is 5. The molecule has 5 nitrogen and oxygen atoms in total. The topological polar surface area (TPSA) is 50.8 Å². The van der Waals surface area contributed by atoms with Gasteiger partial charge in [-0.3, -0.25) is 9.69 Å². The Balaban J connectivity index is 1.79. The highest BCUT2D eigenvalue weighted by atomic mass is 32.2. The highest BCUT2D eigenvalue weighted by Crippen LogP contribution is 2.26. The van der Waals surface area contributed by atoms with Crippen molar-refractivity contribution < 1.29 is 14.3 Å². The second kappa shape index (κ2) is 8.96. The molecule has 2 aromatic carbocycles. The Kier molecular flexibility index (Phi) is 6.41. The minimum absolute atomic E-state index is 0.206. The van der Waals surface area contributed by atoms with Crippen LogP contribution < -0.4 is 14.8 Å². The van der Waals surface area contributed by atoms with Gasteiger partial charge in [0, 0.05) is 36.8 Å². The Morgan fingerprint density at radius 1 is 1.12 bits per heavy atom. The highest BCUT2D eigenvalue weighted by Gasteiger charge is 2.17. The molecule has 0 atom stereocenters. The number of para-hydroxylation sites is 1. The van der Waals surface area contributed by atoms with Crippen LogP contribution in [0.3, 0.4) is 0 Å². The molecule has 0 aromatic heterocycles. The molecule has 6 heteroatoms. The van der Waals surface area contributed by atoms with E-state index in [1.54, 1.807) is 32.4 Å². The number of ether oxygens (including phenoxy) is 2. The van der Waals surface area contributed by atoms with E-state index in [-0.39, 0.29) is 5.91 Å². The van der Waals surface area contributed by atoms with Crippen molar-refractivity contribution in [2.24, 2.45) is 0 Å². The fourth-order valence-electron chi connectivity index (χ4n) is 2.96. The third-order valence-corrected chi connectivity index (χ3v) is 5.36. The number of nitrogens with zero attached hydrogens (tertiary/aromatic N) is 1. The number of methoxy groups -OCH3 is 2. The summed E-state index contributed by atoms with van der Waals surface area (Å²) in [4.78, 5) is 15.3. The van der Waals surface area contributed by atoms with Crippen LogP contribution in [0.25, 0.3) is 0 Å². The van der Waals surface area contributed by atoms with Crippen molar-refractivity contribution in [1.29, 1.82) is 0 Å². The smallest absolute Gasteiger partial charge is 0.259 e. The Labute approximate surface area is 158 Å². The Morgan fingerprint density at radius 2 is 1.88 bits per heavy atom. The molecule has 0 saturated carbocycles. The van der Waals surface area contributed by atoms with E-state index in [1.165, 1.54) is 0 Å². The van der Waals surface area contributed by atoms with Crippen LogP contribution in [0, 0.1) is 0 Å². The summed E-state index contributed by atoms with van der Waals surface area (Å²) in [5, 5.41) is 3.04. The summed E-state index contributed by atoms with van der Waals surface area (Å²) in [5.74, 6) is 3.26. The molecule has 1 amide bonds. The van der Waals surface area contributed by atoms with Crippen molar-refractivity contribution in [1.82, 2.24) is 4.90 Å². The summed E-state index contributed by atoms with van der Waals surface area (Å²) in [5.41, 5.74) is 2.41. The van der Waals surface area contributed by atoms with E-state index in [0.717, 1.165) is 42.4 Å². The van der Waals surface area contributed by atoms with E-state index in [1.807, 2.05) is 30.0 Å². The van der Waals surface area contributed by atoms with E-state index in [9.17, 15) is 4.79 Å². The lowest BCUT2D eigenvalue weighted by Gasteiger charge is -2.27. The maximum Gasteiger partial charge on any atom is 0.259 e. The Morgan fingerprint density at radius 3 is 2.62 bits per heavy atom. The van der Waals surface area contributed by atoms with Crippen LogP contribution in [0.4, 0.5) is 5.69 Å². The number of nitrogens with one attached hydrogen (secondary N) is 1. The van der Waals surface area contributed by atoms with Crippen molar-refractivity contribution in [3.63, 3.8) is 0 Å². The van der Waals surface area contributed by atoms with E-state index < -0.39 is 0 Å². The van der Waals surface area contributed by atoms with Gasteiger partial charge in [0.05, 0.1) is 19.8 Å². The minimum Gasteiger partial charge on any atom is -0.497 e. The fourth-order valence-corrected chi connectivity index (χ4v) is 3.94. The van der Waals surface area contributed by atoms with Crippen LogP contribution in [-0.2, 0) is 6.54 Å². The molecule has 1 heterocycles. The molecule has 0 unspecified atom stereocenters. The SMILES string of the molecule is COc1ccc(OC)c(C(=O)Nc2ccccc2CN2CCSCC2)c1. The van der Waals surface area contributed by atoms with E-state index >= 15 is 0 Å². The van der Waals surface area contributed by atoms with Crippen molar-refractivity contribution in [3.05, 3.63) is 53.6 Å². The van der Waals surface area contributed by atoms with Crippen LogP contribution in [0.15, 0.2) is 42.5 Å². The number of thioether (sulfide) groups is 1. The number of rotatable bonds is 6. The van der Waals surface area contributed by atoms with E-state index in [0.29, 0.717) is 17.1 Å². The molecule has 138 valence electrons. The third-order valence-electron chi connectivity index (χ3n) is 4.41. The van der Waals surface area contributed by atoms with Crippen LogP contribution >= 0.6 is 11.8 Å². The van der Waals surface area contributed by atoms with Crippen molar-refractivity contribution in [3.8, 4) is 11.5 Å². The Hall–Kier alpha value is -2.18. The number of carbonyl (C=O) groups excluding carboxylic acids is 1. The molecule has 0 bridgehead atoms. The molecule has 0 radical (unpaired) electrons. The second-order valence-corrected chi connectivity index (χ2v) is 7.29. The molecule has 26 heavy (non-hydrogen) atoms. The fraction of sp³-hybridized carbons (Fsp3) is 0.350. The molecular weight excluding hydrogens is 348 g/mol. The normalized spacial score (nSPS) is 14.7. The zero-order valence-corrected chi connectivity index (χ0v) is 16.0. The molecule has 1 N–H and O–H groups in total. The number of amides is 1. The van der Waals surface area contributed by atoms with Gasteiger partial charge in [-0.15, -0.1) is 0 Å². The average molecular weight is 372 g/mol. The summed E-state index contributed by atoms with van der Waals surface area (Å²) in [6, 6.07) is 13.2. The van der Waals surface area contributed by atoms with Crippen LogP contribution in [0.5, 0.6) is 11.5 Å². The number of hydrogen-bond donors (Lipinski definition) is 1. The molecule has 0 spiro atoms. The molecule has 2 aromatic rings. The van der Waals surface area contributed by atoms with Crippen molar-refractivity contribution in [2.45, 2.75) is 6.54 Å². The van der Waals surface area contributed by atoms with Gasteiger partial charge in [-0.25, -0.2) is 0 Å². The quantitative estimate of drug-likeness (QED) is 0.841. The van der Waals surface area contributed by atoms with Gasteiger partial charge in [-0.05, 0) is 29.8 Å². The number of benzene rings is 2.